The summed E-state index contributed by atoms with van der Waals surface area (Å²) in [5.74, 6) is -1.76. The minimum atomic E-state index is -3.85. The number of aromatic carboxylic acids is 1. The molecule has 20 heavy (non-hydrogen) atoms. The molecule has 0 amide bonds. The summed E-state index contributed by atoms with van der Waals surface area (Å²) in [4.78, 5) is 10.7. The number of carbonyl (C=O) groups is 1. The standard InChI is InChI=1S/C11H13Cl2NO5S/c1-2-7-9(3-8(19-7)10(15)16)20(17,18)14-5-6-4-11(6,12)13/h3,6,14H,2,4-5H2,1H3,(H,15,16). The molecule has 0 aromatic carbocycles. The van der Waals surface area contributed by atoms with E-state index < -0.39 is 26.1 Å². The first kappa shape index (κ1) is 15.6. The molecule has 1 fully saturated rings. The van der Waals surface area contributed by atoms with Crippen molar-refractivity contribution in [3.8, 4) is 0 Å². The average molecular weight is 342 g/mol. The van der Waals surface area contributed by atoms with Crippen molar-refractivity contribution < 1.29 is 22.7 Å². The molecule has 1 aliphatic rings. The topological polar surface area (TPSA) is 96.6 Å². The third kappa shape index (κ3) is 3.11. The monoisotopic (exact) mass is 341 g/mol. The van der Waals surface area contributed by atoms with Crippen LogP contribution in [0.4, 0.5) is 0 Å². The van der Waals surface area contributed by atoms with E-state index in [-0.39, 0.29) is 29.5 Å². The van der Waals surface area contributed by atoms with E-state index in [9.17, 15) is 13.2 Å². The van der Waals surface area contributed by atoms with Crippen LogP contribution in [0.25, 0.3) is 0 Å². The van der Waals surface area contributed by atoms with E-state index in [1.54, 1.807) is 6.92 Å². The molecule has 1 unspecified atom stereocenters. The molecule has 9 heteroatoms. The number of carboxylic acids is 1. The van der Waals surface area contributed by atoms with Crippen molar-refractivity contribution in [2.24, 2.45) is 5.92 Å². The van der Waals surface area contributed by atoms with Gasteiger partial charge in [-0.05, 0) is 6.42 Å². The first-order chi connectivity index (χ1) is 9.17. The minimum absolute atomic E-state index is 0.103. The quantitative estimate of drug-likeness (QED) is 0.771. The summed E-state index contributed by atoms with van der Waals surface area (Å²) in [7, 11) is -3.85. The highest BCUT2D eigenvalue weighted by Crippen LogP contribution is 2.52. The SMILES string of the molecule is CCc1oc(C(=O)O)cc1S(=O)(=O)NCC1CC1(Cl)Cl. The largest absolute Gasteiger partial charge is 0.475 e. The van der Waals surface area contributed by atoms with Gasteiger partial charge in [-0.15, -0.1) is 23.2 Å². The summed E-state index contributed by atoms with van der Waals surface area (Å²) in [6, 6.07) is 1.01. The van der Waals surface area contributed by atoms with Crippen molar-refractivity contribution >= 4 is 39.2 Å². The van der Waals surface area contributed by atoms with Crippen LogP contribution in [0.2, 0.25) is 0 Å². The van der Waals surface area contributed by atoms with Crippen molar-refractivity contribution in [3.63, 3.8) is 0 Å². The van der Waals surface area contributed by atoms with Crippen LogP contribution in [0.15, 0.2) is 15.4 Å². The molecule has 112 valence electrons. The van der Waals surface area contributed by atoms with Crippen LogP contribution in [0, 0.1) is 5.92 Å². The molecular formula is C11H13Cl2NO5S. The Bertz CT molecular complexity index is 637. The van der Waals surface area contributed by atoms with E-state index in [4.69, 9.17) is 32.7 Å². The first-order valence-electron chi connectivity index (χ1n) is 5.91. The number of furan rings is 1. The van der Waals surface area contributed by atoms with E-state index >= 15 is 0 Å². The second-order valence-electron chi connectivity index (χ2n) is 4.57. The van der Waals surface area contributed by atoms with Crippen LogP contribution in [0.1, 0.15) is 29.7 Å². The maximum Gasteiger partial charge on any atom is 0.371 e. The average Bonchev–Trinajstić information content (AvgIpc) is 2.77. The highest BCUT2D eigenvalue weighted by atomic mass is 35.5. The lowest BCUT2D eigenvalue weighted by Crippen LogP contribution is -2.27. The molecule has 1 aromatic rings. The molecular weight excluding hydrogens is 329 g/mol. The zero-order chi connectivity index (χ0) is 15.1. The predicted molar refractivity (Wildman–Crippen MR) is 72.8 cm³/mol. The predicted octanol–water partition coefficient (Wildman–Crippen LogP) is 2.01. The van der Waals surface area contributed by atoms with Gasteiger partial charge in [-0.3, -0.25) is 0 Å². The molecule has 0 aliphatic heterocycles. The van der Waals surface area contributed by atoms with Gasteiger partial charge in [0, 0.05) is 24.9 Å². The first-order valence-corrected chi connectivity index (χ1v) is 8.14. The summed E-state index contributed by atoms with van der Waals surface area (Å²) in [6.45, 7) is 1.78. The van der Waals surface area contributed by atoms with Gasteiger partial charge in [0.05, 0.1) is 0 Å². The second kappa shape index (κ2) is 5.22. The van der Waals surface area contributed by atoms with Crippen LogP contribution in [0.3, 0.4) is 0 Å². The van der Waals surface area contributed by atoms with Gasteiger partial charge in [-0.2, -0.15) is 0 Å². The number of carboxylic acid groups (broad SMARTS) is 1. The van der Waals surface area contributed by atoms with Crippen LogP contribution < -0.4 is 4.72 Å². The lowest BCUT2D eigenvalue weighted by molar-refractivity contribution is 0.0660. The Hall–Kier alpha value is -0.760. The van der Waals surface area contributed by atoms with E-state index in [1.807, 2.05) is 0 Å². The van der Waals surface area contributed by atoms with Gasteiger partial charge in [-0.25, -0.2) is 17.9 Å². The minimum Gasteiger partial charge on any atom is -0.475 e. The number of sulfonamides is 1. The van der Waals surface area contributed by atoms with Gasteiger partial charge >= 0.3 is 5.97 Å². The lowest BCUT2D eigenvalue weighted by Gasteiger charge is -2.06. The van der Waals surface area contributed by atoms with Gasteiger partial charge in [-0.1, -0.05) is 6.92 Å². The zero-order valence-electron chi connectivity index (χ0n) is 10.5. The van der Waals surface area contributed by atoms with E-state index in [1.165, 1.54) is 0 Å². The van der Waals surface area contributed by atoms with Gasteiger partial charge in [0.1, 0.15) is 15.0 Å². The van der Waals surface area contributed by atoms with Crippen LogP contribution in [-0.2, 0) is 16.4 Å². The summed E-state index contributed by atoms with van der Waals surface area (Å²) >= 11 is 11.6. The maximum absolute atomic E-state index is 12.1. The molecule has 0 radical (unpaired) electrons. The van der Waals surface area contributed by atoms with Crippen molar-refractivity contribution in [3.05, 3.63) is 17.6 Å². The molecule has 6 nitrogen and oxygen atoms in total. The third-order valence-electron chi connectivity index (χ3n) is 3.07. The van der Waals surface area contributed by atoms with Gasteiger partial charge in [0.2, 0.25) is 15.8 Å². The third-order valence-corrected chi connectivity index (χ3v) is 5.46. The Morgan fingerprint density at radius 3 is 2.65 bits per heavy atom. The smallest absolute Gasteiger partial charge is 0.371 e. The van der Waals surface area contributed by atoms with Crippen LogP contribution in [0.5, 0.6) is 0 Å². The number of rotatable bonds is 6. The van der Waals surface area contributed by atoms with Gasteiger partial charge in [0.15, 0.2) is 0 Å². The van der Waals surface area contributed by atoms with Gasteiger partial charge < -0.3 is 9.52 Å². The Balaban J connectivity index is 2.18. The number of aryl methyl sites for hydroxylation is 1. The van der Waals surface area contributed by atoms with Crippen molar-refractivity contribution in [2.45, 2.75) is 29.0 Å². The Kier molecular flexibility index (Phi) is 4.07. The maximum atomic E-state index is 12.1. The van der Waals surface area contributed by atoms with E-state index in [2.05, 4.69) is 4.72 Å². The van der Waals surface area contributed by atoms with Crippen molar-refractivity contribution in [1.82, 2.24) is 4.72 Å². The lowest BCUT2D eigenvalue weighted by atomic mass is 10.3. The van der Waals surface area contributed by atoms with Crippen LogP contribution >= 0.6 is 23.2 Å². The summed E-state index contributed by atoms with van der Waals surface area (Å²) < 4.78 is 30.8. The number of hydrogen-bond donors (Lipinski definition) is 2. The number of halogens is 2. The number of nitrogens with one attached hydrogen (secondary N) is 1. The molecule has 0 spiro atoms. The van der Waals surface area contributed by atoms with Crippen molar-refractivity contribution in [2.75, 3.05) is 6.54 Å². The highest BCUT2D eigenvalue weighted by Gasteiger charge is 2.51. The van der Waals surface area contributed by atoms with Crippen molar-refractivity contribution in [1.29, 1.82) is 0 Å². The highest BCUT2D eigenvalue weighted by molar-refractivity contribution is 7.89. The molecule has 1 saturated carbocycles. The number of alkyl halides is 2. The number of hydrogen-bond acceptors (Lipinski definition) is 4. The fourth-order valence-electron chi connectivity index (χ4n) is 1.77. The normalized spacial score (nSPS) is 20.9. The molecule has 0 bridgehead atoms. The molecule has 1 aliphatic carbocycles. The summed E-state index contributed by atoms with van der Waals surface area (Å²) in [6.07, 6.45) is 0.785. The Morgan fingerprint density at radius 2 is 2.20 bits per heavy atom. The molecule has 0 saturated heterocycles. The molecule has 2 rings (SSSR count). The molecule has 2 N–H and O–H groups in total. The van der Waals surface area contributed by atoms with Gasteiger partial charge in [0.25, 0.3) is 0 Å². The second-order valence-corrected chi connectivity index (χ2v) is 7.85. The Morgan fingerprint density at radius 1 is 1.60 bits per heavy atom. The molecule has 1 heterocycles. The summed E-state index contributed by atoms with van der Waals surface area (Å²) in [5.41, 5.74) is 0. The molecule has 1 aromatic heterocycles. The fourth-order valence-corrected chi connectivity index (χ4v) is 3.62. The van der Waals surface area contributed by atoms with E-state index in [0.29, 0.717) is 6.42 Å². The zero-order valence-corrected chi connectivity index (χ0v) is 12.8. The van der Waals surface area contributed by atoms with Crippen LogP contribution in [-0.4, -0.2) is 30.4 Å². The Labute approximate surface area is 126 Å². The van der Waals surface area contributed by atoms with E-state index in [0.717, 1.165) is 6.07 Å². The molecule has 1 atom stereocenters. The fraction of sp³-hybridized carbons (Fsp3) is 0.545. The summed E-state index contributed by atoms with van der Waals surface area (Å²) in [5, 5.41) is 8.84.